The van der Waals surface area contributed by atoms with Gasteiger partial charge in [-0.25, -0.2) is 4.98 Å². The van der Waals surface area contributed by atoms with Crippen LogP contribution in [-0.2, 0) is 20.1 Å². The number of hydrogen-bond donors (Lipinski definition) is 0. The van der Waals surface area contributed by atoms with Gasteiger partial charge in [-0.05, 0) is 6.07 Å². The van der Waals surface area contributed by atoms with Crippen LogP contribution in [0.2, 0.25) is 0 Å². The van der Waals surface area contributed by atoms with Crippen LogP contribution in [0.5, 0.6) is 11.5 Å². The van der Waals surface area contributed by atoms with Gasteiger partial charge in [-0.1, -0.05) is 12.1 Å². The minimum atomic E-state index is 0.640. The zero-order chi connectivity index (χ0) is 16.4. The minimum Gasteiger partial charge on any atom is -0.486 e. The number of hydrogen-bond acceptors (Lipinski definition) is 5. The molecule has 0 N–H and O–H groups in total. The van der Waals surface area contributed by atoms with Gasteiger partial charge in [-0.2, -0.15) is 0 Å². The maximum Gasteiger partial charge on any atom is 0.165 e. The molecule has 128 valence electrons. The summed E-state index contributed by atoms with van der Waals surface area (Å²) < 4.78 is 13.6. The number of benzene rings is 1. The van der Waals surface area contributed by atoms with Gasteiger partial charge in [0.05, 0.1) is 6.54 Å². The Hall–Kier alpha value is -2.05. The molecule has 0 bridgehead atoms. The van der Waals surface area contributed by atoms with Crippen LogP contribution in [0.1, 0.15) is 11.4 Å². The van der Waals surface area contributed by atoms with E-state index >= 15 is 0 Å². The molecular formula is C18H24N4O2. The maximum atomic E-state index is 5.83. The molecule has 1 aromatic carbocycles. The van der Waals surface area contributed by atoms with Gasteiger partial charge >= 0.3 is 0 Å². The molecule has 0 saturated carbocycles. The lowest BCUT2D eigenvalue weighted by Crippen LogP contribution is -2.45. The number of aryl methyl sites for hydroxylation is 1. The third-order valence-corrected chi connectivity index (χ3v) is 4.79. The number of nitrogens with zero attached hydrogens (tertiary/aromatic N) is 4. The number of aromatic nitrogens is 2. The molecule has 0 atom stereocenters. The molecule has 24 heavy (non-hydrogen) atoms. The van der Waals surface area contributed by atoms with E-state index in [1.54, 1.807) is 0 Å². The van der Waals surface area contributed by atoms with Crippen molar-refractivity contribution in [3.63, 3.8) is 0 Å². The van der Waals surface area contributed by atoms with Crippen molar-refractivity contribution in [3.05, 3.63) is 42.0 Å². The summed E-state index contributed by atoms with van der Waals surface area (Å²) in [4.78, 5) is 9.38. The molecule has 1 fully saturated rings. The molecule has 6 nitrogen and oxygen atoms in total. The van der Waals surface area contributed by atoms with Crippen molar-refractivity contribution in [3.8, 4) is 11.5 Å². The van der Waals surface area contributed by atoms with Crippen LogP contribution in [0.4, 0.5) is 0 Å². The van der Waals surface area contributed by atoms with E-state index in [2.05, 4.69) is 38.5 Å². The Bertz CT molecular complexity index is 692. The van der Waals surface area contributed by atoms with E-state index in [1.807, 2.05) is 18.5 Å². The predicted molar refractivity (Wildman–Crippen MR) is 91.2 cm³/mol. The second-order valence-electron chi connectivity index (χ2n) is 6.45. The van der Waals surface area contributed by atoms with Gasteiger partial charge in [0.15, 0.2) is 11.5 Å². The number of piperazine rings is 1. The van der Waals surface area contributed by atoms with Crippen molar-refractivity contribution >= 4 is 0 Å². The minimum absolute atomic E-state index is 0.640. The van der Waals surface area contributed by atoms with Crippen LogP contribution in [0, 0.1) is 0 Å². The summed E-state index contributed by atoms with van der Waals surface area (Å²) in [6.07, 6.45) is 3.87. The summed E-state index contributed by atoms with van der Waals surface area (Å²) in [5.74, 6) is 2.94. The van der Waals surface area contributed by atoms with E-state index in [0.29, 0.717) is 13.2 Å². The van der Waals surface area contributed by atoms with Gasteiger partial charge in [0, 0.05) is 57.7 Å². The van der Waals surface area contributed by atoms with Crippen molar-refractivity contribution in [2.45, 2.75) is 13.1 Å². The zero-order valence-electron chi connectivity index (χ0n) is 14.1. The van der Waals surface area contributed by atoms with Gasteiger partial charge < -0.3 is 14.0 Å². The molecule has 3 heterocycles. The second-order valence-corrected chi connectivity index (χ2v) is 6.45. The largest absolute Gasteiger partial charge is 0.486 e. The van der Waals surface area contributed by atoms with Crippen LogP contribution in [0.15, 0.2) is 30.6 Å². The number of imidazole rings is 1. The smallest absolute Gasteiger partial charge is 0.165 e. The van der Waals surface area contributed by atoms with Crippen LogP contribution in [-0.4, -0.2) is 58.7 Å². The lowest BCUT2D eigenvalue weighted by atomic mass is 10.1. The topological polar surface area (TPSA) is 42.8 Å². The van der Waals surface area contributed by atoms with Gasteiger partial charge in [-0.3, -0.25) is 9.80 Å². The van der Waals surface area contributed by atoms with Crippen molar-refractivity contribution < 1.29 is 9.47 Å². The molecular weight excluding hydrogens is 304 g/mol. The first kappa shape index (κ1) is 15.5. The molecule has 2 aromatic rings. The third-order valence-electron chi connectivity index (χ3n) is 4.79. The van der Waals surface area contributed by atoms with E-state index in [4.69, 9.17) is 9.47 Å². The third kappa shape index (κ3) is 3.25. The van der Waals surface area contributed by atoms with Crippen LogP contribution in [0.25, 0.3) is 0 Å². The highest BCUT2D eigenvalue weighted by molar-refractivity contribution is 5.47. The SMILES string of the molecule is Cn1ccnc1CN1CCN(Cc2cccc3c2OCCO3)CC1. The van der Waals surface area contributed by atoms with Crippen LogP contribution >= 0.6 is 0 Å². The first-order valence-corrected chi connectivity index (χ1v) is 8.58. The highest BCUT2D eigenvalue weighted by Crippen LogP contribution is 2.34. The number of ether oxygens (including phenoxy) is 2. The molecule has 0 radical (unpaired) electrons. The van der Waals surface area contributed by atoms with E-state index in [-0.39, 0.29) is 0 Å². The highest BCUT2D eigenvalue weighted by Gasteiger charge is 2.21. The first-order valence-electron chi connectivity index (χ1n) is 8.58. The Kier molecular flexibility index (Phi) is 4.40. The highest BCUT2D eigenvalue weighted by atomic mass is 16.6. The van der Waals surface area contributed by atoms with Crippen molar-refractivity contribution in [1.82, 2.24) is 19.4 Å². The average molecular weight is 328 g/mol. The van der Waals surface area contributed by atoms with E-state index in [1.165, 1.54) is 5.56 Å². The Morgan fingerprint density at radius 2 is 1.75 bits per heavy atom. The molecule has 2 aliphatic heterocycles. The van der Waals surface area contributed by atoms with Crippen molar-refractivity contribution in [2.75, 3.05) is 39.4 Å². The van der Waals surface area contributed by atoms with Crippen LogP contribution < -0.4 is 9.47 Å². The molecule has 0 unspecified atom stereocenters. The first-order chi connectivity index (χ1) is 11.8. The Labute approximate surface area is 142 Å². The van der Waals surface area contributed by atoms with Crippen LogP contribution in [0.3, 0.4) is 0 Å². The van der Waals surface area contributed by atoms with E-state index in [0.717, 1.165) is 56.6 Å². The molecule has 1 aromatic heterocycles. The Morgan fingerprint density at radius 1 is 1.00 bits per heavy atom. The number of rotatable bonds is 4. The summed E-state index contributed by atoms with van der Waals surface area (Å²) in [5.41, 5.74) is 1.23. The monoisotopic (exact) mass is 328 g/mol. The second kappa shape index (κ2) is 6.83. The standard InChI is InChI=1S/C18H24N4O2/c1-20-6-5-19-17(20)14-22-9-7-21(8-10-22)13-15-3-2-4-16-18(15)24-12-11-23-16/h2-6H,7-14H2,1H3. The fourth-order valence-electron chi connectivity index (χ4n) is 3.35. The quantitative estimate of drug-likeness (QED) is 0.851. The molecule has 0 aliphatic carbocycles. The summed E-state index contributed by atoms with van der Waals surface area (Å²) >= 11 is 0. The zero-order valence-corrected chi connectivity index (χ0v) is 14.1. The Balaban J connectivity index is 1.34. The number of para-hydroxylation sites is 1. The molecule has 1 saturated heterocycles. The van der Waals surface area contributed by atoms with Crippen molar-refractivity contribution in [1.29, 1.82) is 0 Å². The molecule has 4 rings (SSSR count). The summed E-state index contributed by atoms with van der Waals surface area (Å²) in [6, 6.07) is 6.19. The van der Waals surface area contributed by atoms with Gasteiger partial charge in [0.1, 0.15) is 19.0 Å². The van der Waals surface area contributed by atoms with E-state index < -0.39 is 0 Å². The normalized spacial score (nSPS) is 18.7. The molecule has 6 heteroatoms. The van der Waals surface area contributed by atoms with Gasteiger partial charge in [0.25, 0.3) is 0 Å². The Morgan fingerprint density at radius 3 is 2.50 bits per heavy atom. The van der Waals surface area contributed by atoms with E-state index in [9.17, 15) is 0 Å². The van der Waals surface area contributed by atoms with Gasteiger partial charge in [0.2, 0.25) is 0 Å². The predicted octanol–water partition coefficient (Wildman–Crippen LogP) is 1.51. The summed E-state index contributed by atoms with van der Waals surface area (Å²) in [5, 5.41) is 0. The fourth-order valence-corrected chi connectivity index (χ4v) is 3.35. The molecule has 0 amide bonds. The van der Waals surface area contributed by atoms with Gasteiger partial charge in [-0.15, -0.1) is 0 Å². The van der Waals surface area contributed by atoms with Crippen molar-refractivity contribution in [2.24, 2.45) is 7.05 Å². The maximum absolute atomic E-state index is 5.83. The summed E-state index contributed by atoms with van der Waals surface area (Å²) in [7, 11) is 2.05. The number of fused-ring (bicyclic) bond motifs is 1. The lowest BCUT2D eigenvalue weighted by molar-refractivity contribution is 0.116. The average Bonchev–Trinajstić information content (AvgIpc) is 3.02. The summed E-state index contributed by atoms with van der Waals surface area (Å²) in [6.45, 7) is 7.39. The molecule has 2 aliphatic rings. The lowest BCUT2D eigenvalue weighted by Gasteiger charge is -2.35. The molecule has 0 spiro atoms. The fraction of sp³-hybridized carbons (Fsp3) is 0.500.